The highest BCUT2D eigenvalue weighted by atomic mass is 35.5. The Balaban J connectivity index is 1.25. The second kappa shape index (κ2) is 12.3. The lowest BCUT2D eigenvalue weighted by Gasteiger charge is -2.12. The van der Waals surface area contributed by atoms with E-state index in [-0.39, 0.29) is 29.3 Å². The molecule has 8 nitrogen and oxygen atoms in total. The largest absolute Gasteiger partial charge is 0.493 e. The molecule has 5 aromatic rings. The molecule has 11 heteroatoms. The van der Waals surface area contributed by atoms with Gasteiger partial charge in [-0.15, -0.1) is 11.3 Å². The van der Waals surface area contributed by atoms with E-state index in [1.807, 2.05) is 36.6 Å². The SMILES string of the molecule is COc1cc(/C=N\NC(=O)Cn2cnc3scc(-c4ccc(C)cc4)c3c2=O)ccc1OCc1c(F)cccc1Cl. The smallest absolute Gasteiger partial charge is 0.263 e. The highest BCUT2D eigenvalue weighted by Gasteiger charge is 2.15. The van der Waals surface area contributed by atoms with Crippen molar-refractivity contribution in [2.75, 3.05) is 7.11 Å². The Morgan fingerprint density at radius 1 is 1.17 bits per heavy atom. The van der Waals surface area contributed by atoms with Gasteiger partial charge in [0.2, 0.25) is 0 Å². The summed E-state index contributed by atoms with van der Waals surface area (Å²) < 4.78 is 26.4. The molecule has 5 rings (SSSR count). The number of nitrogens with zero attached hydrogens (tertiary/aromatic N) is 3. The van der Waals surface area contributed by atoms with Gasteiger partial charge in [0.25, 0.3) is 11.5 Å². The summed E-state index contributed by atoms with van der Waals surface area (Å²) in [7, 11) is 1.47. The maximum atomic E-state index is 14.0. The predicted octanol–water partition coefficient (Wildman–Crippen LogP) is 5.96. The summed E-state index contributed by atoms with van der Waals surface area (Å²) in [5.74, 6) is -0.186. The normalized spacial score (nSPS) is 11.2. The highest BCUT2D eigenvalue weighted by Crippen LogP contribution is 2.31. The number of nitrogens with one attached hydrogen (secondary N) is 1. The number of ether oxygens (including phenoxy) is 2. The number of amides is 1. The van der Waals surface area contributed by atoms with E-state index in [1.54, 1.807) is 24.3 Å². The van der Waals surface area contributed by atoms with Crippen molar-refractivity contribution in [2.24, 2.45) is 5.10 Å². The molecule has 0 bridgehead atoms. The fourth-order valence-electron chi connectivity index (χ4n) is 4.10. The van der Waals surface area contributed by atoms with Crippen LogP contribution in [0.3, 0.4) is 0 Å². The number of fused-ring (bicyclic) bond motifs is 1. The minimum absolute atomic E-state index is 0.0801. The lowest BCUT2D eigenvalue weighted by molar-refractivity contribution is -0.121. The number of hydrogen-bond donors (Lipinski definition) is 1. The summed E-state index contributed by atoms with van der Waals surface area (Å²) >= 11 is 7.45. The van der Waals surface area contributed by atoms with E-state index in [9.17, 15) is 14.0 Å². The maximum absolute atomic E-state index is 14.0. The van der Waals surface area contributed by atoms with Crippen LogP contribution in [0.1, 0.15) is 16.7 Å². The second-order valence-corrected chi connectivity index (χ2v) is 10.3. The molecule has 208 valence electrons. The van der Waals surface area contributed by atoms with Crippen molar-refractivity contribution in [3.05, 3.63) is 110 Å². The number of halogens is 2. The lowest BCUT2D eigenvalue weighted by atomic mass is 10.1. The molecule has 1 amide bonds. The Morgan fingerprint density at radius 3 is 2.73 bits per heavy atom. The van der Waals surface area contributed by atoms with Crippen molar-refractivity contribution in [3.8, 4) is 22.6 Å². The summed E-state index contributed by atoms with van der Waals surface area (Å²) in [6, 6.07) is 17.3. The predicted molar refractivity (Wildman–Crippen MR) is 159 cm³/mol. The van der Waals surface area contributed by atoms with Gasteiger partial charge in [0, 0.05) is 16.5 Å². The summed E-state index contributed by atoms with van der Waals surface area (Å²) in [4.78, 5) is 30.8. The van der Waals surface area contributed by atoms with Crippen LogP contribution >= 0.6 is 22.9 Å². The molecule has 0 atom stereocenters. The van der Waals surface area contributed by atoms with Crippen LogP contribution < -0.4 is 20.5 Å². The van der Waals surface area contributed by atoms with Crippen molar-refractivity contribution in [1.29, 1.82) is 0 Å². The number of aromatic nitrogens is 2. The third-order valence-electron chi connectivity index (χ3n) is 6.26. The monoisotopic (exact) mass is 590 g/mol. The van der Waals surface area contributed by atoms with Crippen LogP contribution in [0, 0.1) is 12.7 Å². The zero-order chi connectivity index (χ0) is 28.9. The van der Waals surface area contributed by atoms with Gasteiger partial charge in [-0.1, -0.05) is 47.5 Å². The Bertz CT molecular complexity index is 1800. The maximum Gasteiger partial charge on any atom is 0.263 e. The van der Waals surface area contributed by atoms with E-state index < -0.39 is 11.7 Å². The Morgan fingerprint density at radius 2 is 1.98 bits per heavy atom. The van der Waals surface area contributed by atoms with Gasteiger partial charge in [0.15, 0.2) is 11.5 Å². The molecular formula is C30H24ClFN4O4S. The molecule has 2 aromatic heterocycles. The van der Waals surface area contributed by atoms with Crippen LogP contribution in [-0.4, -0.2) is 28.8 Å². The van der Waals surface area contributed by atoms with Crippen molar-refractivity contribution in [1.82, 2.24) is 15.0 Å². The number of carbonyl (C=O) groups is 1. The van der Waals surface area contributed by atoms with E-state index in [0.717, 1.165) is 16.7 Å². The third-order valence-corrected chi connectivity index (χ3v) is 7.50. The standard InChI is InChI=1S/C30H24ClFN4O4S/c1-18-6-9-20(10-7-18)22-16-41-29-28(22)30(38)36(17-33-29)14-27(37)35-34-13-19-8-11-25(26(12-19)39-2)40-15-21-23(31)4-3-5-24(21)32/h3-13,16-17H,14-15H2,1-2H3,(H,35,37)/b34-13-. The number of methoxy groups -OCH3 is 1. The lowest BCUT2D eigenvalue weighted by Crippen LogP contribution is -2.30. The molecule has 0 aliphatic carbocycles. The van der Waals surface area contributed by atoms with Gasteiger partial charge < -0.3 is 9.47 Å². The first kappa shape index (κ1) is 28.0. The molecule has 2 heterocycles. The zero-order valence-corrected chi connectivity index (χ0v) is 23.6. The Labute approximate surface area is 243 Å². The summed E-state index contributed by atoms with van der Waals surface area (Å²) in [5.41, 5.74) is 5.79. The van der Waals surface area contributed by atoms with Crippen LogP contribution in [0.4, 0.5) is 4.39 Å². The van der Waals surface area contributed by atoms with Gasteiger partial charge >= 0.3 is 0 Å². The molecule has 1 N–H and O–H groups in total. The number of benzene rings is 3. The van der Waals surface area contributed by atoms with E-state index in [4.69, 9.17) is 21.1 Å². The molecule has 0 unspecified atom stereocenters. The Kier molecular flexibility index (Phi) is 8.42. The van der Waals surface area contributed by atoms with Gasteiger partial charge in [-0.2, -0.15) is 5.10 Å². The minimum atomic E-state index is -0.495. The number of hydrazone groups is 1. The first-order valence-corrected chi connectivity index (χ1v) is 13.7. The van der Waals surface area contributed by atoms with Crippen molar-refractivity contribution in [2.45, 2.75) is 20.1 Å². The highest BCUT2D eigenvalue weighted by molar-refractivity contribution is 7.17. The second-order valence-electron chi connectivity index (χ2n) is 9.07. The topological polar surface area (TPSA) is 94.8 Å². The van der Waals surface area contributed by atoms with E-state index in [1.165, 1.54) is 47.7 Å². The molecule has 0 aliphatic heterocycles. The number of rotatable bonds is 9. The third kappa shape index (κ3) is 6.29. The molecule has 41 heavy (non-hydrogen) atoms. The number of aryl methyl sites for hydroxylation is 1. The van der Waals surface area contributed by atoms with Gasteiger partial charge in [-0.25, -0.2) is 14.8 Å². The van der Waals surface area contributed by atoms with Crippen LogP contribution in [-0.2, 0) is 17.9 Å². The quantitative estimate of drug-likeness (QED) is 0.169. The number of hydrogen-bond acceptors (Lipinski definition) is 7. The van der Waals surface area contributed by atoms with Crippen LogP contribution in [0.5, 0.6) is 11.5 Å². The van der Waals surface area contributed by atoms with Gasteiger partial charge in [0.05, 0.1) is 30.1 Å². The fraction of sp³-hybridized carbons (Fsp3) is 0.133. The van der Waals surface area contributed by atoms with E-state index >= 15 is 0 Å². The molecule has 0 saturated heterocycles. The van der Waals surface area contributed by atoms with Crippen LogP contribution in [0.25, 0.3) is 21.3 Å². The molecule has 0 aliphatic rings. The fourth-order valence-corrected chi connectivity index (χ4v) is 5.22. The molecule has 0 radical (unpaired) electrons. The summed E-state index contributed by atoms with van der Waals surface area (Å²) in [6.07, 6.45) is 2.79. The van der Waals surface area contributed by atoms with Crippen LogP contribution in [0.15, 0.2) is 82.3 Å². The van der Waals surface area contributed by atoms with Crippen LogP contribution in [0.2, 0.25) is 5.02 Å². The van der Waals surface area contributed by atoms with Gasteiger partial charge in [0.1, 0.15) is 23.8 Å². The Hall–Kier alpha value is -4.54. The minimum Gasteiger partial charge on any atom is -0.493 e. The number of thiophene rings is 1. The first-order chi connectivity index (χ1) is 19.8. The van der Waals surface area contributed by atoms with Crippen molar-refractivity contribution >= 4 is 45.3 Å². The van der Waals surface area contributed by atoms with Gasteiger partial charge in [-0.05, 0) is 48.4 Å². The molecule has 0 spiro atoms. The zero-order valence-electron chi connectivity index (χ0n) is 22.1. The summed E-state index contributed by atoms with van der Waals surface area (Å²) in [5, 5.41) is 6.64. The van der Waals surface area contributed by atoms with Crippen molar-refractivity contribution in [3.63, 3.8) is 0 Å². The average Bonchev–Trinajstić information content (AvgIpc) is 3.40. The van der Waals surface area contributed by atoms with Gasteiger partial charge in [-0.3, -0.25) is 14.2 Å². The van der Waals surface area contributed by atoms with E-state index in [2.05, 4.69) is 15.5 Å². The van der Waals surface area contributed by atoms with E-state index in [0.29, 0.717) is 27.3 Å². The number of carbonyl (C=O) groups excluding carboxylic acids is 1. The molecule has 0 fully saturated rings. The molecule has 0 saturated carbocycles. The summed E-state index contributed by atoms with van der Waals surface area (Å²) in [6.45, 7) is 1.67. The van der Waals surface area contributed by atoms with Crippen molar-refractivity contribution < 1.29 is 18.7 Å². The first-order valence-electron chi connectivity index (χ1n) is 12.4. The average molecular weight is 591 g/mol. The molecular weight excluding hydrogens is 567 g/mol. The molecule has 3 aromatic carbocycles.